The first-order chi connectivity index (χ1) is 12.0. The van der Waals surface area contributed by atoms with E-state index < -0.39 is 5.60 Å². The highest BCUT2D eigenvalue weighted by Gasteiger charge is 2.43. The van der Waals surface area contributed by atoms with Crippen molar-refractivity contribution >= 4 is 5.91 Å². The maximum Gasteiger partial charge on any atom is 0.255 e. The summed E-state index contributed by atoms with van der Waals surface area (Å²) in [5.74, 6) is 0.551. The van der Waals surface area contributed by atoms with Gasteiger partial charge in [0, 0.05) is 45.0 Å². The number of hydrogen-bond acceptors (Lipinski definition) is 4. The molecule has 0 radical (unpaired) electrons. The third kappa shape index (κ3) is 4.61. The van der Waals surface area contributed by atoms with Gasteiger partial charge in [0.25, 0.3) is 5.91 Å². The summed E-state index contributed by atoms with van der Waals surface area (Å²) < 4.78 is 1.77. The van der Waals surface area contributed by atoms with E-state index in [1.165, 1.54) is 32.1 Å². The fraction of sp³-hybridized carbons (Fsp3) is 0.789. The van der Waals surface area contributed by atoms with Gasteiger partial charge < -0.3 is 10.0 Å². The van der Waals surface area contributed by atoms with Crippen molar-refractivity contribution < 1.29 is 9.90 Å². The van der Waals surface area contributed by atoms with E-state index in [2.05, 4.69) is 5.10 Å². The van der Waals surface area contributed by atoms with Crippen molar-refractivity contribution in [2.24, 2.45) is 13.0 Å². The van der Waals surface area contributed by atoms with Gasteiger partial charge in [-0.2, -0.15) is 5.10 Å². The lowest BCUT2D eigenvalue weighted by atomic mass is 9.86. The molecule has 1 saturated heterocycles. The van der Waals surface area contributed by atoms with E-state index in [4.69, 9.17) is 0 Å². The van der Waals surface area contributed by atoms with Crippen molar-refractivity contribution in [1.82, 2.24) is 19.6 Å². The molecule has 6 nitrogen and oxygen atoms in total. The number of likely N-dealkylation sites (N-methyl/N-ethyl adjacent to an activating group) is 1. The van der Waals surface area contributed by atoms with Gasteiger partial charge >= 0.3 is 0 Å². The van der Waals surface area contributed by atoms with Gasteiger partial charge in [0.15, 0.2) is 5.60 Å². The molecule has 1 aromatic heterocycles. The van der Waals surface area contributed by atoms with Gasteiger partial charge in [-0.3, -0.25) is 14.4 Å². The second-order valence-corrected chi connectivity index (χ2v) is 8.08. The number of piperidine rings is 1. The zero-order chi connectivity index (χ0) is 17.9. The summed E-state index contributed by atoms with van der Waals surface area (Å²) in [7, 11) is 3.85. The highest BCUT2D eigenvalue weighted by atomic mass is 16.3. The van der Waals surface area contributed by atoms with Crippen LogP contribution in [-0.4, -0.2) is 62.9 Å². The van der Waals surface area contributed by atoms with Gasteiger partial charge in [-0.15, -0.1) is 0 Å². The average molecular weight is 348 g/mol. The quantitative estimate of drug-likeness (QED) is 0.851. The molecule has 1 atom stereocenters. The van der Waals surface area contributed by atoms with Crippen LogP contribution in [0.3, 0.4) is 0 Å². The summed E-state index contributed by atoms with van der Waals surface area (Å²) in [5, 5.41) is 15.2. The van der Waals surface area contributed by atoms with Crippen LogP contribution in [0.15, 0.2) is 12.4 Å². The van der Waals surface area contributed by atoms with Gasteiger partial charge in [0.05, 0.1) is 6.20 Å². The van der Waals surface area contributed by atoms with Crippen LogP contribution in [0.2, 0.25) is 0 Å². The van der Waals surface area contributed by atoms with Gasteiger partial charge in [-0.1, -0.05) is 19.3 Å². The molecular formula is C19H32N4O2. The summed E-state index contributed by atoms with van der Waals surface area (Å²) >= 11 is 0. The number of rotatable bonds is 6. The zero-order valence-corrected chi connectivity index (χ0v) is 15.7. The largest absolute Gasteiger partial charge is 0.379 e. The molecular weight excluding hydrogens is 316 g/mol. The molecule has 140 valence electrons. The Labute approximate surface area is 150 Å². The molecule has 1 aromatic rings. The molecule has 0 unspecified atom stereocenters. The lowest BCUT2D eigenvalue weighted by Gasteiger charge is -2.41. The summed E-state index contributed by atoms with van der Waals surface area (Å²) in [4.78, 5) is 16.9. The normalized spacial score (nSPS) is 25.8. The van der Waals surface area contributed by atoms with Crippen molar-refractivity contribution in [3.63, 3.8) is 0 Å². The molecule has 1 N–H and O–H groups in total. The average Bonchev–Trinajstić information content (AvgIpc) is 2.97. The predicted molar refractivity (Wildman–Crippen MR) is 96.9 cm³/mol. The summed E-state index contributed by atoms with van der Waals surface area (Å²) in [6.45, 7) is 2.69. The van der Waals surface area contributed by atoms with E-state index >= 15 is 0 Å². The van der Waals surface area contributed by atoms with Crippen molar-refractivity contribution in [3.05, 3.63) is 18.0 Å². The fourth-order valence-corrected chi connectivity index (χ4v) is 4.44. The second kappa shape index (κ2) is 7.87. The molecule has 6 heteroatoms. The molecule has 0 bridgehead atoms. The Morgan fingerprint density at radius 1 is 1.32 bits per heavy atom. The lowest BCUT2D eigenvalue weighted by molar-refractivity contribution is -0.160. The minimum absolute atomic E-state index is 0.0673. The monoisotopic (exact) mass is 348 g/mol. The standard InChI is InChI=1S/C19H32N4O2/c1-21(12-17-11-20-22(2)13-17)15-19(25)9-6-10-23(18(19)24)14-16-7-4-3-5-8-16/h11,13,16,25H,3-10,12,14-15H2,1-2H3/t19-/m0/s1. The van der Waals surface area contributed by atoms with Crippen LogP contribution in [0.1, 0.15) is 50.5 Å². The molecule has 2 heterocycles. The van der Waals surface area contributed by atoms with E-state index in [-0.39, 0.29) is 5.91 Å². The Hall–Kier alpha value is -1.40. The number of carbonyl (C=O) groups excluding carboxylic acids is 1. The van der Waals surface area contributed by atoms with Crippen molar-refractivity contribution in [2.45, 2.75) is 57.1 Å². The Morgan fingerprint density at radius 3 is 2.76 bits per heavy atom. The van der Waals surface area contributed by atoms with Crippen LogP contribution in [0.5, 0.6) is 0 Å². The predicted octanol–water partition coefficient (Wildman–Crippen LogP) is 1.79. The Kier molecular flexibility index (Phi) is 5.79. The third-order valence-corrected chi connectivity index (χ3v) is 5.65. The molecule has 2 aliphatic rings. The summed E-state index contributed by atoms with van der Waals surface area (Å²) in [6, 6.07) is 0. The molecule has 3 rings (SSSR count). The van der Waals surface area contributed by atoms with Crippen LogP contribution in [0.25, 0.3) is 0 Å². The first-order valence-corrected chi connectivity index (χ1v) is 9.64. The smallest absolute Gasteiger partial charge is 0.255 e. The number of nitrogens with zero attached hydrogens (tertiary/aromatic N) is 4. The van der Waals surface area contributed by atoms with Gasteiger partial charge in [-0.25, -0.2) is 0 Å². The number of likely N-dealkylation sites (tertiary alicyclic amines) is 1. The molecule has 25 heavy (non-hydrogen) atoms. The summed E-state index contributed by atoms with van der Waals surface area (Å²) in [6.07, 6.45) is 11.6. The number of carbonyl (C=O) groups is 1. The van der Waals surface area contributed by atoms with Crippen molar-refractivity contribution in [2.75, 3.05) is 26.7 Å². The van der Waals surface area contributed by atoms with Crippen LogP contribution in [-0.2, 0) is 18.4 Å². The van der Waals surface area contributed by atoms with Crippen molar-refractivity contribution in [1.29, 1.82) is 0 Å². The first kappa shape index (κ1) is 18.4. The number of aryl methyl sites for hydroxylation is 1. The van der Waals surface area contributed by atoms with E-state index in [1.54, 1.807) is 4.68 Å². The zero-order valence-electron chi connectivity index (χ0n) is 15.7. The maximum atomic E-state index is 12.9. The van der Waals surface area contributed by atoms with Crippen molar-refractivity contribution in [3.8, 4) is 0 Å². The number of aliphatic hydroxyl groups is 1. The molecule has 0 aromatic carbocycles. The lowest BCUT2D eigenvalue weighted by Crippen LogP contribution is -2.58. The SMILES string of the molecule is CN(Cc1cnn(C)c1)C[C@@]1(O)CCCN(CC2CCCCC2)C1=O. The first-order valence-electron chi connectivity index (χ1n) is 9.64. The molecule has 0 spiro atoms. The van der Waals surface area contributed by atoms with E-state index in [0.717, 1.165) is 25.1 Å². The highest BCUT2D eigenvalue weighted by Crippen LogP contribution is 2.29. The fourth-order valence-electron chi connectivity index (χ4n) is 4.44. The van der Waals surface area contributed by atoms with Gasteiger partial charge in [0.2, 0.25) is 0 Å². The van der Waals surface area contributed by atoms with Gasteiger partial charge in [0.1, 0.15) is 0 Å². The van der Waals surface area contributed by atoms with Gasteiger partial charge in [-0.05, 0) is 38.6 Å². The van der Waals surface area contributed by atoms with Crippen LogP contribution < -0.4 is 0 Å². The molecule has 1 saturated carbocycles. The maximum absolute atomic E-state index is 12.9. The highest BCUT2D eigenvalue weighted by molar-refractivity contribution is 5.86. The van der Waals surface area contributed by atoms with Crippen LogP contribution in [0, 0.1) is 5.92 Å². The minimum atomic E-state index is -1.25. The molecule has 2 fully saturated rings. The summed E-state index contributed by atoms with van der Waals surface area (Å²) in [5.41, 5.74) is -0.153. The number of aromatic nitrogens is 2. The topological polar surface area (TPSA) is 61.6 Å². The van der Waals surface area contributed by atoms with E-state index in [1.807, 2.05) is 36.3 Å². The third-order valence-electron chi connectivity index (χ3n) is 5.65. The Morgan fingerprint density at radius 2 is 2.08 bits per heavy atom. The second-order valence-electron chi connectivity index (χ2n) is 8.08. The van der Waals surface area contributed by atoms with E-state index in [0.29, 0.717) is 25.4 Å². The van der Waals surface area contributed by atoms with Crippen LogP contribution >= 0.6 is 0 Å². The number of hydrogen-bond donors (Lipinski definition) is 1. The molecule has 1 aliphatic heterocycles. The van der Waals surface area contributed by atoms with Crippen LogP contribution in [0.4, 0.5) is 0 Å². The minimum Gasteiger partial charge on any atom is -0.379 e. The Bertz CT molecular complexity index is 582. The molecule has 1 aliphatic carbocycles. The Balaban J connectivity index is 1.57. The number of amides is 1. The van der Waals surface area contributed by atoms with E-state index in [9.17, 15) is 9.90 Å². The molecule has 1 amide bonds.